The number of nitrogens with zero attached hydrogens (tertiary/aromatic N) is 1. The minimum Gasteiger partial charge on any atom is -0.450 e. The number of carbonyl (C=O) groups is 4. The van der Waals surface area contributed by atoms with Gasteiger partial charge in [0.05, 0.1) is 24.3 Å². The van der Waals surface area contributed by atoms with Crippen LogP contribution in [0.1, 0.15) is 36.5 Å². The van der Waals surface area contributed by atoms with E-state index in [0.717, 1.165) is 0 Å². The van der Waals surface area contributed by atoms with Crippen molar-refractivity contribution in [2.24, 2.45) is 0 Å². The van der Waals surface area contributed by atoms with Crippen LogP contribution < -0.4 is 16.0 Å². The minimum absolute atomic E-state index is 0.0834. The lowest BCUT2D eigenvalue weighted by Crippen LogP contribution is -2.49. The Bertz CT molecular complexity index is 773. The summed E-state index contributed by atoms with van der Waals surface area (Å²) in [6.07, 6.45) is 0.729. The van der Waals surface area contributed by atoms with Crippen LogP contribution in [0.4, 0.5) is 10.5 Å². The molecule has 0 bridgehead atoms. The van der Waals surface area contributed by atoms with Crippen LogP contribution in [0.5, 0.6) is 0 Å². The number of fused-ring (bicyclic) bond motifs is 1. The maximum absolute atomic E-state index is 12.4. The fourth-order valence-corrected chi connectivity index (χ4v) is 3.35. The van der Waals surface area contributed by atoms with Gasteiger partial charge in [-0.2, -0.15) is 0 Å². The monoisotopic (exact) mass is 388 g/mol. The number of para-hydroxylation sites is 1. The van der Waals surface area contributed by atoms with Crippen molar-refractivity contribution in [2.45, 2.75) is 38.3 Å². The van der Waals surface area contributed by atoms with E-state index in [9.17, 15) is 19.2 Å². The van der Waals surface area contributed by atoms with Crippen molar-refractivity contribution >= 4 is 29.5 Å². The molecule has 9 heteroatoms. The Balaban J connectivity index is 1.51. The fourth-order valence-electron chi connectivity index (χ4n) is 3.35. The van der Waals surface area contributed by atoms with E-state index in [0.29, 0.717) is 43.8 Å². The van der Waals surface area contributed by atoms with Crippen molar-refractivity contribution in [3.8, 4) is 0 Å². The molecule has 1 aromatic carbocycles. The second-order valence-corrected chi connectivity index (χ2v) is 6.79. The molecule has 1 aromatic rings. The average molecular weight is 388 g/mol. The van der Waals surface area contributed by atoms with E-state index in [1.807, 2.05) is 0 Å². The van der Waals surface area contributed by atoms with Gasteiger partial charge >= 0.3 is 6.09 Å². The smallest absolute Gasteiger partial charge is 0.409 e. The number of hydrogen-bond acceptors (Lipinski definition) is 5. The summed E-state index contributed by atoms with van der Waals surface area (Å²) >= 11 is 0. The molecule has 0 unspecified atom stereocenters. The largest absolute Gasteiger partial charge is 0.450 e. The topological polar surface area (TPSA) is 117 Å². The van der Waals surface area contributed by atoms with E-state index < -0.39 is 17.9 Å². The van der Waals surface area contributed by atoms with Crippen LogP contribution >= 0.6 is 0 Å². The van der Waals surface area contributed by atoms with Gasteiger partial charge in [0.2, 0.25) is 11.8 Å². The van der Waals surface area contributed by atoms with Gasteiger partial charge in [0, 0.05) is 19.1 Å². The van der Waals surface area contributed by atoms with Crippen molar-refractivity contribution < 1.29 is 23.9 Å². The molecule has 1 saturated heterocycles. The summed E-state index contributed by atoms with van der Waals surface area (Å²) in [6, 6.07) is 5.67. The number of amides is 4. The van der Waals surface area contributed by atoms with Crippen molar-refractivity contribution in [3.05, 3.63) is 29.8 Å². The molecule has 1 atom stereocenters. The lowest BCUT2D eigenvalue weighted by molar-refractivity contribution is -0.126. The van der Waals surface area contributed by atoms with Gasteiger partial charge in [-0.05, 0) is 31.9 Å². The average Bonchev–Trinajstić information content (AvgIpc) is 2.79. The molecule has 3 rings (SSSR count). The third kappa shape index (κ3) is 4.59. The van der Waals surface area contributed by atoms with E-state index in [1.54, 1.807) is 36.1 Å². The molecule has 0 radical (unpaired) electrons. The fraction of sp³-hybridized carbons (Fsp3) is 0.474. The number of likely N-dealkylation sites (tertiary alicyclic amines) is 1. The highest BCUT2D eigenvalue weighted by atomic mass is 16.6. The molecule has 2 aliphatic rings. The summed E-state index contributed by atoms with van der Waals surface area (Å²) in [7, 11) is 0. The number of rotatable bonds is 4. The third-order valence-corrected chi connectivity index (χ3v) is 4.83. The van der Waals surface area contributed by atoms with E-state index >= 15 is 0 Å². The van der Waals surface area contributed by atoms with Crippen molar-refractivity contribution in [1.82, 2.24) is 15.5 Å². The van der Waals surface area contributed by atoms with Crippen LogP contribution in [-0.4, -0.2) is 60.5 Å². The Hall–Kier alpha value is -3.10. The Kier molecular flexibility index (Phi) is 6.13. The molecule has 4 amide bonds. The second-order valence-electron chi connectivity index (χ2n) is 6.79. The van der Waals surface area contributed by atoms with Crippen LogP contribution in [-0.2, 0) is 14.3 Å². The normalized spacial score (nSPS) is 19.8. The molecular formula is C19H24N4O5. The Morgan fingerprint density at radius 2 is 1.93 bits per heavy atom. The first-order valence-corrected chi connectivity index (χ1v) is 9.39. The first kappa shape index (κ1) is 19.7. The van der Waals surface area contributed by atoms with Crippen LogP contribution in [0.25, 0.3) is 0 Å². The van der Waals surface area contributed by atoms with E-state index in [-0.39, 0.29) is 24.5 Å². The predicted octanol–water partition coefficient (Wildman–Crippen LogP) is 0.864. The predicted molar refractivity (Wildman–Crippen MR) is 101 cm³/mol. The molecule has 0 spiro atoms. The minimum atomic E-state index is -0.945. The summed E-state index contributed by atoms with van der Waals surface area (Å²) in [5.74, 6) is -1.14. The zero-order valence-electron chi connectivity index (χ0n) is 15.7. The molecule has 2 aliphatic heterocycles. The number of piperidine rings is 1. The van der Waals surface area contributed by atoms with E-state index in [4.69, 9.17) is 4.74 Å². The van der Waals surface area contributed by atoms with Gasteiger partial charge in [-0.3, -0.25) is 14.4 Å². The van der Waals surface area contributed by atoms with E-state index in [2.05, 4.69) is 16.0 Å². The summed E-state index contributed by atoms with van der Waals surface area (Å²) in [4.78, 5) is 50.4. The summed E-state index contributed by atoms with van der Waals surface area (Å²) in [5, 5.41) is 8.18. The van der Waals surface area contributed by atoms with Crippen molar-refractivity contribution in [3.63, 3.8) is 0 Å². The number of hydrogen-bond donors (Lipinski definition) is 3. The molecule has 1 fully saturated rings. The molecule has 28 heavy (non-hydrogen) atoms. The first-order chi connectivity index (χ1) is 13.5. The highest BCUT2D eigenvalue weighted by Crippen LogP contribution is 2.19. The van der Waals surface area contributed by atoms with Gasteiger partial charge in [-0.25, -0.2) is 4.79 Å². The van der Waals surface area contributed by atoms with Gasteiger partial charge < -0.3 is 25.6 Å². The molecule has 0 aliphatic carbocycles. The van der Waals surface area contributed by atoms with Gasteiger partial charge in [-0.1, -0.05) is 12.1 Å². The number of ether oxygens (including phenoxy) is 1. The molecule has 0 aromatic heterocycles. The zero-order valence-corrected chi connectivity index (χ0v) is 15.7. The highest BCUT2D eigenvalue weighted by Gasteiger charge is 2.31. The lowest BCUT2D eigenvalue weighted by Gasteiger charge is -2.31. The van der Waals surface area contributed by atoms with Gasteiger partial charge in [-0.15, -0.1) is 0 Å². The SMILES string of the molecule is CCOC(=O)N1CCC(NC(=O)C[C@H]2NC(=O)c3ccccc3NC2=O)CC1. The quantitative estimate of drug-likeness (QED) is 0.707. The number of carbonyl (C=O) groups excluding carboxylic acids is 4. The number of benzene rings is 1. The number of nitrogens with one attached hydrogen (secondary N) is 3. The second kappa shape index (κ2) is 8.73. The summed E-state index contributed by atoms with van der Waals surface area (Å²) in [6.45, 7) is 3.08. The van der Waals surface area contributed by atoms with Gasteiger partial charge in [0.25, 0.3) is 5.91 Å². The standard InChI is InChI=1S/C19H24N4O5/c1-2-28-19(27)23-9-7-12(8-10-23)20-16(24)11-15-18(26)21-14-6-4-3-5-13(14)17(25)22-15/h3-6,12,15H,2,7-11H2,1H3,(H,20,24)(H,21,26)(H,22,25)/t15-/m1/s1. The lowest BCUT2D eigenvalue weighted by atomic mass is 10.0. The molecule has 0 saturated carbocycles. The van der Waals surface area contributed by atoms with Crippen LogP contribution in [0.2, 0.25) is 0 Å². The molecule has 3 N–H and O–H groups in total. The van der Waals surface area contributed by atoms with Gasteiger partial charge in [0.1, 0.15) is 6.04 Å². The highest BCUT2D eigenvalue weighted by molar-refractivity contribution is 6.10. The Morgan fingerprint density at radius 3 is 2.64 bits per heavy atom. The Morgan fingerprint density at radius 1 is 1.21 bits per heavy atom. The molecule has 2 heterocycles. The number of anilines is 1. The van der Waals surface area contributed by atoms with Crippen molar-refractivity contribution in [2.75, 3.05) is 25.0 Å². The molecule has 150 valence electrons. The molecular weight excluding hydrogens is 364 g/mol. The van der Waals surface area contributed by atoms with Gasteiger partial charge in [0.15, 0.2) is 0 Å². The van der Waals surface area contributed by atoms with E-state index in [1.165, 1.54) is 0 Å². The maximum Gasteiger partial charge on any atom is 0.409 e. The summed E-state index contributed by atoms with van der Waals surface area (Å²) < 4.78 is 4.97. The van der Waals surface area contributed by atoms with Crippen LogP contribution in [0.15, 0.2) is 24.3 Å². The Labute approximate surface area is 162 Å². The maximum atomic E-state index is 12.4. The first-order valence-electron chi connectivity index (χ1n) is 9.39. The third-order valence-electron chi connectivity index (χ3n) is 4.83. The molecule has 9 nitrogen and oxygen atoms in total. The summed E-state index contributed by atoms with van der Waals surface area (Å²) in [5.41, 5.74) is 0.796. The zero-order chi connectivity index (χ0) is 20.1. The van der Waals surface area contributed by atoms with Crippen molar-refractivity contribution in [1.29, 1.82) is 0 Å². The van der Waals surface area contributed by atoms with Crippen LogP contribution in [0, 0.1) is 0 Å². The van der Waals surface area contributed by atoms with Crippen LogP contribution in [0.3, 0.4) is 0 Å².